The van der Waals surface area contributed by atoms with Crippen LogP contribution >= 0.6 is 0 Å². The van der Waals surface area contributed by atoms with Crippen LogP contribution in [0.25, 0.3) is 0 Å². The Labute approximate surface area is 110 Å². The summed E-state index contributed by atoms with van der Waals surface area (Å²) >= 11 is 0. The van der Waals surface area contributed by atoms with E-state index in [1.165, 1.54) is 32.4 Å². The Morgan fingerprint density at radius 2 is 2.22 bits per heavy atom. The molecule has 0 saturated carbocycles. The maximum Gasteiger partial charge on any atom is 0.223 e. The van der Waals surface area contributed by atoms with Gasteiger partial charge in [0, 0.05) is 38.1 Å². The minimum atomic E-state index is 0.147. The standard InChI is InChI=1S/C14H26N2O2/c1-2-3-6-15-7-4-5-13(10-15)16-9-12(11-17)8-14(16)18/h12-13,17H,2-11H2,1H3. The van der Waals surface area contributed by atoms with Crippen molar-refractivity contribution in [2.75, 3.05) is 32.8 Å². The Balaban J connectivity index is 1.86. The van der Waals surface area contributed by atoms with Gasteiger partial charge in [0.25, 0.3) is 0 Å². The molecule has 0 radical (unpaired) electrons. The molecule has 0 aliphatic carbocycles. The third-order valence-corrected chi connectivity index (χ3v) is 4.25. The van der Waals surface area contributed by atoms with E-state index in [-0.39, 0.29) is 18.4 Å². The second-order valence-electron chi connectivity index (χ2n) is 5.75. The molecule has 0 aromatic rings. The lowest BCUT2D eigenvalue weighted by atomic mass is 10.0. The predicted octanol–water partition coefficient (Wildman–Crippen LogP) is 1.09. The molecule has 0 aromatic heterocycles. The van der Waals surface area contributed by atoms with Gasteiger partial charge in [-0.15, -0.1) is 0 Å². The van der Waals surface area contributed by atoms with Gasteiger partial charge in [-0.05, 0) is 32.4 Å². The van der Waals surface area contributed by atoms with Gasteiger partial charge in [0.05, 0.1) is 0 Å². The number of carbonyl (C=O) groups excluding carboxylic acids is 1. The van der Waals surface area contributed by atoms with Gasteiger partial charge in [-0.3, -0.25) is 4.79 Å². The number of hydrogen-bond acceptors (Lipinski definition) is 3. The van der Waals surface area contributed by atoms with Gasteiger partial charge in [-0.1, -0.05) is 13.3 Å². The van der Waals surface area contributed by atoms with Crippen LogP contribution in [-0.2, 0) is 4.79 Å². The van der Waals surface area contributed by atoms with Crippen molar-refractivity contribution in [3.63, 3.8) is 0 Å². The predicted molar refractivity (Wildman–Crippen MR) is 71.3 cm³/mol. The van der Waals surface area contributed by atoms with Crippen molar-refractivity contribution in [1.29, 1.82) is 0 Å². The molecule has 0 spiro atoms. The minimum absolute atomic E-state index is 0.147. The van der Waals surface area contributed by atoms with E-state index in [1.807, 2.05) is 4.90 Å². The van der Waals surface area contributed by atoms with Gasteiger partial charge >= 0.3 is 0 Å². The monoisotopic (exact) mass is 254 g/mol. The third-order valence-electron chi connectivity index (χ3n) is 4.25. The summed E-state index contributed by atoms with van der Waals surface area (Å²) in [4.78, 5) is 16.5. The topological polar surface area (TPSA) is 43.8 Å². The average Bonchev–Trinajstić information content (AvgIpc) is 2.78. The van der Waals surface area contributed by atoms with Crippen LogP contribution in [0.2, 0.25) is 0 Å². The quantitative estimate of drug-likeness (QED) is 0.799. The number of piperidine rings is 1. The Hall–Kier alpha value is -0.610. The molecule has 4 nitrogen and oxygen atoms in total. The van der Waals surface area contributed by atoms with Crippen molar-refractivity contribution < 1.29 is 9.90 Å². The van der Waals surface area contributed by atoms with E-state index in [4.69, 9.17) is 0 Å². The molecule has 4 heteroatoms. The maximum atomic E-state index is 12.0. The van der Waals surface area contributed by atoms with E-state index in [2.05, 4.69) is 11.8 Å². The fourth-order valence-corrected chi connectivity index (χ4v) is 3.15. The smallest absolute Gasteiger partial charge is 0.223 e. The molecule has 18 heavy (non-hydrogen) atoms. The molecule has 1 amide bonds. The largest absolute Gasteiger partial charge is 0.396 e. The highest BCUT2D eigenvalue weighted by Crippen LogP contribution is 2.24. The summed E-state index contributed by atoms with van der Waals surface area (Å²) in [5, 5.41) is 9.18. The number of hydrogen-bond donors (Lipinski definition) is 1. The van der Waals surface area contributed by atoms with Crippen LogP contribution in [0.5, 0.6) is 0 Å². The summed E-state index contributed by atoms with van der Waals surface area (Å²) in [5.41, 5.74) is 0. The molecule has 2 aliphatic heterocycles. The van der Waals surface area contributed by atoms with E-state index in [0.717, 1.165) is 19.5 Å². The van der Waals surface area contributed by atoms with Gasteiger partial charge in [0.2, 0.25) is 5.91 Å². The molecule has 104 valence electrons. The van der Waals surface area contributed by atoms with Crippen LogP contribution in [0.15, 0.2) is 0 Å². The van der Waals surface area contributed by atoms with Crippen molar-refractivity contribution in [2.24, 2.45) is 5.92 Å². The van der Waals surface area contributed by atoms with Crippen molar-refractivity contribution in [1.82, 2.24) is 9.80 Å². The molecule has 2 heterocycles. The minimum Gasteiger partial charge on any atom is -0.396 e. The molecule has 2 saturated heterocycles. The highest BCUT2D eigenvalue weighted by atomic mass is 16.3. The third kappa shape index (κ3) is 3.23. The van der Waals surface area contributed by atoms with Crippen LogP contribution in [0.4, 0.5) is 0 Å². The number of rotatable bonds is 5. The molecule has 2 aliphatic rings. The SMILES string of the molecule is CCCCN1CCCC(N2CC(CO)CC2=O)C1. The van der Waals surface area contributed by atoms with E-state index >= 15 is 0 Å². The summed E-state index contributed by atoms with van der Waals surface area (Å²) in [7, 11) is 0. The molecular weight excluding hydrogens is 228 g/mol. The van der Waals surface area contributed by atoms with Gasteiger partial charge < -0.3 is 14.9 Å². The first-order chi connectivity index (χ1) is 8.74. The number of unbranched alkanes of at least 4 members (excludes halogenated alkanes) is 1. The summed E-state index contributed by atoms with van der Waals surface area (Å²) in [5.74, 6) is 0.417. The van der Waals surface area contributed by atoms with Crippen molar-refractivity contribution in [3.05, 3.63) is 0 Å². The van der Waals surface area contributed by atoms with Crippen LogP contribution < -0.4 is 0 Å². The Morgan fingerprint density at radius 1 is 1.39 bits per heavy atom. The normalized spacial score (nSPS) is 30.1. The lowest BCUT2D eigenvalue weighted by molar-refractivity contribution is -0.130. The van der Waals surface area contributed by atoms with Crippen LogP contribution in [0.3, 0.4) is 0 Å². The zero-order valence-electron chi connectivity index (χ0n) is 11.5. The zero-order chi connectivity index (χ0) is 13.0. The van der Waals surface area contributed by atoms with Crippen LogP contribution in [-0.4, -0.2) is 59.6 Å². The molecular formula is C14H26N2O2. The van der Waals surface area contributed by atoms with E-state index < -0.39 is 0 Å². The summed E-state index contributed by atoms with van der Waals surface area (Å²) in [6, 6.07) is 0.389. The van der Waals surface area contributed by atoms with E-state index in [1.54, 1.807) is 0 Å². The Morgan fingerprint density at radius 3 is 2.89 bits per heavy atom. The lowest BCUT2D eigenvalue weighted by Crippen LogP contribution is -2.48. The molecule has 1 N–H and O–H groups in total. The number of likely N-dealkylation sites (tertiary alicyclic amines) is 2. The van der Waals surface area contributed by atoms with Gasteiger partial charge in [0.15, 0.2) is 0 Å². The number of aliphatic hydroxyl groups excluding tert-OH is 1. The summed E-state index contributed by atoms with van der Waals surface area (Å²) < 4.78 is 0. The second kappa shape index (κ2) is 6.53. The van der Waals surface area contributed by atoms with Crippen molar-refractivity contribution >= 4 is 5.91 Å². The van der Waals surface area contributed by atoms with Crippen molar-refractivity contribution in [2.45, 2.75) is 45.1 Å². The molecule has 2 rings (SSSR count). The highest BCUT2D eigenvalue weighted by Gasteiger charge is 2.35. The van der Waals surface area contributed by atoms with Crippen LogP contribution in [0.1, 0.15) is 39.0 Å². The number of carbonyl (C=O) groups is 1. The Kier molecular flexibility index (Phi) is 5.01. The molecule has 2 fully saturated rings. The van der Waals surface area contributed by atoms with Crippen LogP contribution in [0, 0.1) is 5.92 Å². The number of amides is 1. The van der Waals surface area contributed by atoms with Gasteiger partial charge in [0.1, 0.15) is 0 Å². The first-order valence-corrected chi connectivity index (χ1v) is 7.37. The molecule has 0 bridgehead atoms. The van der Waals surface area contributed by atoms with Gasteiger partial charge in [-0.25, -0.2) is 0 Å². The molecule has 2 atom stereocenters. The first-order valence-electron chi connectivity index (χ1n) is 7.37. The lowest BCUT2D eigenvalue weighted by Gasteiger charge is -2.37. The van der Waals surface area contributed by atoms with Crippen molar-refractivity contribution in [3.8, 4) is 0 Å². The molecule has 2 unspecified atom stereocenters. The highest BCUT2D eigenvalue weighted by molar-refractivity contribution is 5.79. The van der Waals surface area contributed by atoms with Gasteiger partial charge in [-0.2, -0.15) is 0 Å². The second-order valence-corrected chi connectivity index (χ2v) is 5.75. The molecule has 0 aromatic carbocycles. The number of nitrogens with zero attached hydrogens (tertiary/aromatic N) is 2. The average molecular weight is 254 g/mol. The fraction of sp³-hybridized carbons (Fsp3) is 0.929. The summed E-state index contributed by atoms with van der Waals surface area (Å²) in [6.07, 6.45) is 5.35. The maximum absolute atomic E-state index is 12.0. The zero-order valence-corrected chi connectivity index (χ0v) is 11.5. The fourth-order valence-electron chi connectivity index (χ4n) is 3.15. The first kappa shape index (κ1) is 13.8. The Bertz CT molecular complexity index is 283. The van der Waals surface area contributed by atoms with E-state index in [9.17, 15) is 9.90 Å². The number of aliphatic hydroxyl groups is 1. The van der Waals surface area contributed by atoms with E-state index in [0.29, 0.717) is 12.5 Å². The summed E-state index contributed by atoms with van der Waals surface area (Å²) in [6.45, 7) is 6.51.